The van der Waals surface area contributed by atoms with Gasteiger partial charge in [0, 0.05) is 10.2 Å². The van der Waals surface area contributed by atoms with Gasteiger partial charge < -0.3 is 0 Å². The molecule has 1 aromatic rings. The highest BCUT2D eigenvalue weighted by Gasteiger charge is 2.15. The summed E-state index contributed by atoms with van der Waals surface area (Å²) in [6.45, 7) is 0. The fraction of sp³-hybridized carbons (Fsp3) is 0.143. The molecule has 2 nitrogen and oxygen atoms in total. The van der Waals surface area contributed by atoms with Crippen LogP contribution in [-0.4, -0.2) is 15.7 Å². The molecule has 0 amide bonds. The van der Waals surface area contributed by atoms with Gasteiger partial charge in [-0.05, 0) is 15.9 Å². The van der Waals surface area contributed by atoms with Crippen LogP contribution in [0.4, 0.5) is 0 Å². The van der Waals surface area contributed by atoms with E-state index in [1.165, 1.54) is 6.33 Å². The Bertz CT molecular complexity index is 353. The smallest absolute Gasteiger partial charge is 0.146 e. The summed E-state index contributed by atoms with van der Waals surface area (Å²) in [5, 5.41) is 0.537. The minimum Gasteiger partial charge on any atom is -0.235 e. The van der Waals surface area contributed by atoms with Crippen molar-refractivity contribution < 1.29 is 0 Å². The predicted molar refractivity (Wildman–Crippen MR) is 54.7 cm³/mol. The number of thioether (sulfide) groups is 1. The largest absolute Gasteiger partial charge is 0.235 e. The third-order valence-corrected chi connectivity index (χ3v) is 3.58. The third kappa shape index (κ3) is 1.39. The highest BCUT2D eigenvalue weighted by atomic mass is 79.9. The SMILES string of the molecule is Clc1ncnc2c1SCC=C2Br. The van der Waals surface area contributed by atoms with E-state index in [1.807, 2.05) is 0 Å². The normalized spacial score (nSPS) is 15.3. The van der Waals surface area contributed by atoms with Crippen LogP contribution in [0.5, 0.6) is 0 Å². The molecule has 1 aliphatic heterocycles. The number of nitrogens with zero attached hydrogens (tertiary/aromatic N) is 2. The topological polar surface area (TPSA) is 25.8 Å². The number of fused-ring (bicyclic) bond motifs is 1. The standard InChI is InChI=1S/C7H4BrClN2S/c8-4-1-2-12-6-5(4)10-3-11-7(6)9/h1,3H,2H2. The number of rotatable bonds is 0. The van der Waals surface area contributed by atoms with Gasteiger partial charge in [0.2, 0.25) is 0 Å². The van der Waals surface area contributed by atoms with Crippen LogP contribution < -0.4 is 0 Å². The first kappa shape index (κ1) is 8.53. The molecular formula is C7H4BrClN2S. The van der Waals surface area contributed by atoms with Crippen LogP contribution in [-0.2, 0) is 0 Å². The molecular weight excluding hydrogens is 260 g/mol. The third-order valence-electron chi connectivity index (χ3n) is 1.48. The molecule has 12 heavy (non-hydrogen) atoms. The predicted octanol–water partition coefficient (Wildman–Crippen LogP) is 2.97. The summed E-state index contributed by atoms with van der Waals surface area (Å²) in [6, 6.07) is 0. The lowest BCUT2D eigenvalue weighted by molar-refractivity contribution is 1.07. The Hall–Kier alpha value is -0.0600. The summed E-state index contributed by atoms with van der Waals surface area (Å²) in [4.78, 5) is 9.01. The minimum atomic E-state index is 0.537. The van der Waals surface area contributed by atoms with Crippen LogP contribution in [0.2, 0.25) is 5.15 Å². The van der Waals surface area contributed by atoms with Gasteiger partial charge in [-0.3, -0.25) is 0 Å². The zero-order chi connectivity index (χ0) is 8.55. The van der Waals surface area contributed by atoms with Crippen LogP contribution >= 0.6 is 39.3 Å². The highest BCUT2D eigenvalue weighted by Crippen LogP contribution is 2.37. The molecule has 0 atom stereocenters. The van der Waals surface area contributed by atoms with Crippen LogP contribution in [0.15, 0.2) is 17.3 Å². The summed E-state index contributed by atoms with van der Waals surface area (Å²) >= 11 is 11.0. The number of hydrogen-bond acceptors (Lipinski definition) is 3. The summed E-state index contributed by atoms with van der Waals surface area (Å²) < 4.78 is 1.00. The average molecular weight is 264 g/mol. The number of aromatic nitrogens is 2. The molecule has 2 heterocycles. The maximum absolute atomic E-state index is 5.89. The lowest BCUT2D eigenvalue weighted by atomic mass is 10.3. The molecule has 0 bridgehead atoms. The first-order valence-electron chi connectivity index (χ1n) is 3.28. The Kier molecular flexibility index (Phi) is 2.39. The van der Waals surface area contributed by atoms with Crippen molar-refractivity contribution in [2.45, 2.75) is 4.90 Å². The van der Waals surface area contributed by atoms with Gasteiger partial charge in [-0.1, -0.05) is 17.7 Å². The van der Waals surface area contributed by atoms with Crippen molar-refractivity contribution in [1.82, 2.24) is 9.97 Å². The van der Waals surface area contributed by atoms with E-state index in [0.29, 0.717) is 5.15 Å². The molecule has 2 rings (SSSR count). The lowest BCUT2D eigenvalue weighted by Crippen LogP contribution is -1.96. The fourth-order valence-electron chi connectivity index (χ4n) is 0.945. The van der Waals surface area contributed by atoms with E-state index in [0.717, 1.165) is 20.8 Å². The van der Waals surface area contributed by atoms with Crippen molar-refractivity contribution >= 4 is 43.8 Å². The van der Waals surface area contributed by atoms with Gasteiger partial charge in [0.05, 0.1) is 10.6 Å². The molecule has 62 valence electrons. The van der Waals surface area contributed by atoms with Gasteiger partial charge in [0.25, 0.3) is 0 Å². The molecule has 1 aromatic heterocycles. The molecule has 1 aliphatic rings. The van der Waals surface area contributed by atoms with Gasteiger partial charge in [-0.25, -0.2) is 9.97 Å². The van der Waals surface area contributed by atoms with Crippen LogP contribution in [0, 0.1) is 0 Å². The molecule has 0 radical (unpaired) electrons. The quantitative estimate of drug-likeness (QED) is 0.673. The first-order chi connectivity index (χ1) is 5.79. The lowest BCUT2D eigenvalue weighted by Gasteiger charge is -2.11. The zero-order valence-corrected chi connectivity index (χ0v) is 9.08. The molecule has 0 aromatic carbocycles. The van der Waals surface area contributed by atoms with Gasteiger partial charge in [-0.2, -0.15) is 0 Å². The van der Waals surface area contributed by atoms with E-state index in [4.69, 9.17) is 11.6 Å². The van der Waals surface area contributed by atoms with Crippen molar-refractivity contribution in [3.05, 3.63) is 23.3 Å². The Morgan fingerprint density at radius 3 is 3.08 bits per heavy atom. The van der Waals surface area contributed by atoms with E-state index < -0.39 is 0 Å². The second-order valence-electron chi connectivity index (χ2n) is 2.21. The number of halogens is 2. The van der Waals surface area contributed by atoms with E-state index in [1.54, 1.807) is 11.8 Å². The summed E-state index contributed by atoms with van der Waals surface area (Å²) in [5.74, 6) is 0.917. The average Bonchev–Trinajstić information content (AvgIpc) is 2.07. The van der Waals surface area contributed by atoms with E-state index >= 15 is 0 Å². The van der Waals surface area contributed by atoms with Crippen LogP contribution in [0.25, 0.3) is 4.48 Å². The molecule has 0 unspecified atom stereocenters. The number of hydrogen-bond donors (Lipinski definition) is 0. The molecule has 0 N–H and O–H groups in total. The van der Waals surface area contributed by atoms with Gasteiger partial charge in [-0.15, -0.1) is 11.8 Å². The van der Waals surface area contributed by atoms with Gasteiger partial charge in [0.15, 0.2) is 0 Å². The van der Waals surface area contributed by atoms with Crippen LogP contribution in [0.3, 0.4) is 0 Å². The minimum absolute atomic E-state index is 0.537. The van der Waals surface area contributed by atoms with E-state index in [-0.39, 0.29) is 0 Å². The Labute approximate surface area is 87.6 Å². The fourth-order valence-corrected chi connectivity index (χ4v) is 2.94. The summed E-state index contributed by atoms with van der Waals surface area (Å²) in [7, 11) is 0. The van der Waals surface area contributed by atoms with Crippen molar-refractivity contribution in [3.8, 4) is 0 Å². The molecule has 0 saturated carbocycles. The second kappa shape index (κ2) is 3.36. The monoisotopic (exact) mass is 262 g/mol. The van der Waals surface area contributed by atoms with Gasteiger partial charge in [0.1, 0.15) is 11.5 Å². The summed E-state index contributed by atoms with van der Waals surface area (Å²) in [5.41, 5.74) is 0.895. The molecule has 0 spiro atoms. The van der Waals surface area contributed by atoms with E-state index in [2.05, 4.69) is 32.0 Å². The van der Waals surface area contributed by atoms with Crippen molar-refractivity contribution in [2.24, 2.45) is 0 Å². The molecule has 0 fully saturated rings. The first-order valence-corrected chi connectivity index (χ1v) is 5.44. The van der Waals surface area contributed by atoms with E-state index in [9.17, 15) is 0 Å². The Morgan fingerprint density at radius 2 is 2.33 bits per heavy atom. The maximum Gasteiger partial charge on any atom is 0.146 e. The van der Waals surface area contributed by atoms with Gasteiger partial charge >= 0.3 is 0 Å². The Morgan fingerprint density at radius 1 is 1.50 bits per heavy atom. The molecule has 0 saturated heterocycles. The molecule has 0 aliphatic carbocycles. The van der Waals surface area contributed by atoms with Crippen LogP contribution in [0.1, 0.15) is 5.69 Å². The van der Waals surface area contributed by atoms with Crippen molar-refractivity contribution in [1.29, 1.82) is 0 Å². The zero-order valence-electron chi connectivity index (χ0n) is 5.92. The summed E-state index contributed by atoms with van der Waals surface area (Å²) in [6.07, 6.45) is 3.54. The van der Waals surface area contributed by atoms with Crippen molar-refractivity contribution in [2.75, 3.05) is 5.75 Å². The maximum atomic E-state index is 5.89. The Balaban J connectivity index is 2.62. The highest BCUT2D eigenvalue weighted by molar-refractivity contribution is 9.15. The van der Waals surface area contributed by atoms with Crippen molar-refractivity contribution in [3.63, 3.8) is 0 Å². The molecule has 5 heteroatoms. The second-order valence-corrected chi connectivity index (χ2v) is 4.45.